The monoisotopic (exact) mass is 431 g/mol. The van der Waals surface area contributed by atoms with Crippen LogP contribution in [0.1, 0.15) is 27.0 Å². The summed E-state index contributed by atoms with van der Waals surface area (Å²) < 4.78 is 39.2. The Labute approximate surface area is 175 Å². The fourth-order valence-corrected chi connectivity index (χ4v) is 2.88. The summed E-state index contributed by atoms with van der Waals surface area (Å²) in [5.41, 5.74) is 2.28. The molecule has 2 aromatic carbocycles. The summed E-state index contributed by atoms with van der Waals surface area (Å²) in [5, 5.41) is 2.99. The summed E-state index contributed by atoms with van der Waals surface area (Å²) in [5.74, 6) is -1.57. The van der Waals surface area contributed by atoms with Gasteiger partial charge in [-0.25, -0.2) is 4.79 Å². The number of benzene rings is 2. The van der Waals surface area contributed by atoms with Crippen molar-refractivity contribution >= 4 is 22.8 Å². The van der Waals surface area contributed by atoms with Crippen LogP contribution in [0.25, 0.3) is 11.0 Å². The molecule has 0 unspecified atom stereocenters. The average molecular weight is 431 g/mol. The van der Waals surface area contributed by atoms with E-state index >= 15 is 0 Å². The van der Waals surface area contributed by atoms with Gasteiger partial charge in [-0.3, -0.25) is 9.59 Å². The maximum atomic E-state index is 12.3. The molecule has 0 saturated heterocycles. The van der Waals surface area contributed by atoms with Crippen LogP contribution in [0.15, 0.2) is 51.7 Å². The minimum absolute atomic E-state index is 0.0449. The van der Waals surface area contributed by atoms with Crippen LogP contribution in [-0.4, -0.2) is 25.0 Å². The van der Waals surface area contributed by atoms with Crippen LogP contribution in [-0.2, 0) is 16.1 Å². The van der Waals surface area contributed by atoms with Crippen molar-refractivity contribution in [2.24, 2.45) is 0 Å². The van der Waals surface area contributed by atoms with Crippen molar-refractivity contribution in [2.45, 2.75) is 27.1 Å². The molecule has 3 aromatic rings. The molecule has 1 aromatic heterocycles. The Morgan fingerprint density at radius 2 is 1.84 bits per heavy atom. The molecule has 1 amide bonds. The first-order chi connectivity index (χ1) is 14.7. The van der Waals surface area contributed by atoms with E-state index in [0.717, 1.165) is 17.2 Å². The van der Waals surface area contributed by atoms with Crippen LogP contribution in [0.2, 0.25) is 0 Å². The lowest BCUT2D eigenvalue weighted by molar-refractivity contribution is -0.143. The number of carbonyl (C=O) groups is 2. The second kappa shape index (κ2) is 9.38. The fraction of sp³-hybridized carbons (Fsp3) is 0.227. The third-order valence-corrected chi connectivity index (χ3v) is 4.55. The van der Waals surface area contributed by atoms with Crippen LogP contribution in [0, 0.1) is 13.8 Å². The zero-order valence-corrected chi connectivity index (χ0v) is 16.7. The van der Waals surface area contributed by atoms with Crippen LogP contribution < -0.4 is 15.7 Å². The highest BCUT2D eigenvalue weighted by atomic mass is 19.3. The smallest absolute Gasteiger partial charge is 0.387 e. The van der Waals surface area contributed by atoms with Gasteiger partial charge in [0, 0.05) is 22.6 Å². The normalized spacial score (nSPS) is 10.9. The summed E-state index contributed by atoms with van der Waals surface area (Å²) in [6.07, 6.45) is 0. The third-order valence-electron chi connectivity index (χ3n) is 4.55. The minimum atomic E-state index is -3.02. The van der Waals surface area contributed by atoms with Crippen LogP contribution in [0.3, 0.4) is 0 Å². The van der Waals surface area contributed by atoms with Crippen molar-refractivity contribution in [1.29, 1.82) is 0 Å². The molecule has 1 heterocycles. The van der Waals surface area contributed by atoms with E-state index in [0.29, 0.717) is 16.5 Å². The molecule has 1 N–H and O–H groups in total. The van der Waals surface area contributed by atoms with Gasteiger partial charge >= 0.3 is 18.2 Å². The van der Waals surface area contributed by atoms with Gasteiger partial charge in [0.05, 0.1) is 0 Å². The van der Waals surface area contributed by atoms with E-state index in [4.69, 9.17) is 9.15 Å². The van der Waals surface area contributed by atoms with Gasteiger partial charge in [0.25, 0.3) is 5.91 Å². The molecule has 0 spiro atoms. The van der Waals surface area contributed by atoms with Crippen LogP contribution in [0.4, 0.5) is 8.78 Å². The molecule has 0 atom stereocenters. The van der Waals surface area contributed by atoms with Crippen molar-refractivity contribution in [1.82, 2.24) is 5.32 Å². The highest BCUT2D eigenvalue weighted by molar-refractivity contribution is 5.96. The molecule has 3 rings (SSSR count). The van der Waals surface area contributed by atoms with E-state index in [1.54, 1.807) is 6.07 Å². The molecule has 0 fully saturated rings. The van der Waals surface area contributed by atoms with Crippen LogP contribution >= 0.6 is 0 Å². The predicted octanol–water partition coefficient (Wildman–Crippen LogP) is 3.48. The van der Waals surface area contributed by atoms with Gasteiger partial charge in [0.15, 0.2) is 0 Å². The number of carbonyl (C=O) groups excluding carboxylic acids is 2. The first kappa shape index (κ1) is 21.9. The second-order valence-electron chi connectivity index (χ2n) is 6.77. The van der Waals surface area contributed by atoms with Crippen molar-refractivity contribution in [3.8, 4) is 5.75 Å². The lowest BCUT2D eigenvalue weighted by Crippen LogP contribution is -2.30. The van der Waals surface area contributed by atoms with E-state index in [1.807, 2.05) is 19.9 Å². The molecule has 162 valence electrons. The lowest BCUT2D eigenvalue weighted by Gasteiger charge is -2.10. The Morgan fingerprint density at radius 3 is 2.58 bits per heavy atom. The number of hydrogen-bond donors (Lipinski definition) is 1. The second-order valence-corrected chi connectivity index (χ2v) is 6.77. The number of amides is 1. The average Bonchev–Trinajstić information content (AvgIpc) is 2.71. The third kappa shape index (κ3) is 5.65. The van der Waals surface area contributed by atoms with Gasteiger partial charge in [-0.15, -0.1) is 0 Å². The Kier molecular flexibility index (Phi) is 6.64. The molecule has 0 aliphatic rings. The molecule has 0 radical (unpaired) electrons. The Bertz CT molecular complexity index is 1190. The van der Waals surface area contributed by atoms with Gasteiger partial charge in [0.1, 0.15) is 24.5 Å². The number of nitrogens with one attached hydrogen (secondary N) is 1. The highest BCUT2D eigenvalue weighted by Gasteiger charge is 2.13. The first-order valence-corrected chi connectivity index (χ1v) is 9.25. The quantitative estimate of drug-likeness (QED) is 0.455. The largest absolute Gasteiger partial charge is 0.459 e. The molecule has 7 nitrogen and oxygen atoms in total. The number of rotatable bonds is 7. The van der Waals surface area contributed by atoms with E-state index in [1.165, 1.54) is 24.3 Å². The summed E-state index contributed by atoms with van der Waals surface area (Å²) in [4.78, 5) is 36.0. The maximum absolute atomic E-state index is 12.3. The number of halogens is 2. The topological polar surface area (TPSA) is 94.8 Å². The number of hydrogen-bond acceptors (Lipinski definition) is 6. The predicted molar refractivity (Wildman–Crippen MR) is 107 cm³/mol. The minimum Gasteiger partial charge on any atom is -0.459 e. The number of ether oxygens (including phenoxy) is 2. The van der Waals surface area contributed by atoms with E-state index in [-0.39, 0.29) is 17.9 Å². The van der Waals surface area contributed by atoms with Crippen molar-refractivity contribution in [2.75, 3.05) is 6.54 Å². The summed E-state index contributed by atoms with van der Waals surface area (Å²) >= 11 is 0. The van der Waals surface area contributed by atoms with Gasteiger partial charge in [-0.1, -0.05) is 6.07 Å². The molecule has 0 saturated carbocycles. The molecular formula is C22H19F2NO6. The summed E-state index contributed by atoms with van der Waals surface area (Å²) in [6.45, 7) is 0.150. The lowest BCUT2D eigenvalue weighted by atomic mass is 10.0. The van der Waals surface area contributed by atoms with Gasteiger partial charge in [0.2, 0.25) is 0 Å². The van der Waals surface area contributed by atoms with Gasteiger partial charge in [-0.05, 0) is 55.3 Å². The Morgan fingerprint density at radius 1 is 1.10 bits per heavy atom. The Hall–Kier alpha value is -3.75. The van der Waals surface area contributed by atoms with Crippen molar-refractivity contribution in [3.63, 3.8) is 0 Å². The molecule has 31 heavy (non-hydrogen) atoms. The van der Waals surface area contributed by atoms with E-state index < -0.39 is 30.7 Å². The van der Waals surface area contributed by atoms with Gasteiger partial charge < -0.3 is 19.2 Å². The molecule has 0 bridgehead atoms. The zero-order valence-electron chi connectivity index (χ0n) is 16.7. The zero-order chi connectivity index (χ0) is 22.5. The van der Waals surface area contributed by atoms with Crippen LogP contribution in [0.5, 0.6) is 5.75 Å². The van der Waals surface area contributed by atoms with Crippen molar-refractivity contribution < 1.29 is 32.3 Å². The number of fused-ring (bicyclic) bond motifs is 1. The first-order valence-electron chi connectivity index (χ1n) is 9.25. The highest BCUT2D eigenvalue weighted by Crippen LogP contribution is 2.22. The van der Waals surface area contributed by atoms with E-state index in [9.17, 15) is 23.2 Å². The standard InChI is InChI=1S/C22H19F2NO6/c1-12-6-17-15(9-19(26)31-18(17)7-13(12)2)11-29-20(27)10-25-21(28)14-4-3-5-16(8-14)30-22(23)24/h3-9,22H,10-11H2,1-2H3,(H,25,28). The summed E-state index contributed by atoms with van der Waals surface area (Å²) in [7, 11) is 0. The molecule has 9 heteroatoms. The Balaban J connectivity index is 1.62. The molecule has 0 aliphatic heterocycles. The SMILES string of the molecule is Cc1cc2oc(=O)cc(COC(=O)CNC(=O)c3cccc(OC(F)F)c3)c2cc1C. The maximum Gasteiger partial charge on any atom is 0.387 e. The molecular weight excluding hydrogens is 412 g/mol. The number of aryl methyl sites for hydroxylation is 2. The molecule has 0 aliphatic carbocycles. The number of alkyl halides is 2. The van der Waals surface area contributed by atoms with Crippen molar-refractivity contribution in [3.05, 3.63) is 75.1 Å². The van der Waals surface area contributed by atoms with E-state index in [2.05, 4.69) is 10.1 Å². The van der Waals surface area contributed by atoms with Gasteiger partial charge in [-0.2, -0.15) is 8.78 Å². The summed E-state index contributed by atoms with van der Waals surface area (Å²) in [6, 6.07) is 10.0. The fourth-order valence-electron chi connectivity index (χ4n) is 2.88. The number of esters is 1.